The number of anilines is 2. The highest BCUT2D eigenvalue weighted by Crippen LogP contribution is 2.40. The Labute approximate surface area is 259 Å². The van der Waals surface area contributed by atoms with Crippen molar-refractivity contribution < 1.29 is 14.3 Å². The van der Waals surface area contributed by atoms with E-state index in [2.05, 4.69) is 33.5 Å². The van der Waals surface area contributed by atoms with E-state index in [-0.39, 0.29) is 5.91 Å². The second-order valence-corrected chi connectivity index (χ2v) is 11.9. The Kier molecular flexibility index (Phi) is 9.54. The molecule has 0 bridgehead atoms. The summed E-state index contributed by atoms with van der Waals surface area (Å²) in [5.41, 5.74) is 4.98. The van der Waals surface area contributed by atoms with E-state index in [0.717, 1.165) is 39.0 Å². The number of nitrogens with one attached hydrogen (secondary N) is 2. The maximum Gasteiger partial charge on any atom is 0.255 e. The highest BCUT2D eigenvalue weighted by molar-refractivity contribution is 9.10. The molecule has 1 amide bonds. The van der Waals surface area contributed by atoms with Gasteiger partial charge in [-0.3, -0.25) is 4.79 Å². The Morgan fingerprint density at radius 2 is 1.79 bits per heavy atom. The molecule has 1 unspecified atom stereocenters. The highest BCUT2D eigenvalue weighted by atomic mass is 79.9. The predicted molar refractivity (Wildman–Crippen MR) is 171 cm³/mol. The van der Waals surface area contributed by atoms with Gasteiger partial charge in [0.05, 0.1) is 12.2 Å². The molecule has 0 saturated heterocycles. The summed E-state index contributed by atoms with van der Waals surface area (Å²) < 4.78 is 15.0. The molecule has 4 aromatic rings. The number of benzene rings is 3. The Hall–Kier alpha value is -3.76. The fourth-order valence-electron chi connectivity index (χ4n) is 4.65. The van der Waals surface area contributed by atoms with Gasteiger partial charge in [0, 0.05) is 21.6 Å². The number of carbonyl (C=O) groups is 1. The van der Waals surface area contributed by atoms with Gasteiger partial charge < -0.3 is 20.1 Å². The second kappa shape index (κ2) is 13.5. The summed E-state index contributed by atoms with van der Waals surface area (Å²) in [7, 11) is 0. The summed E-state index contributed by atoms with van der Waals surface area (Å²) in [5.74, 6) is 2.51. The Morgan fingerprint density at radius 1 is 1.02 bits per heavy atom. The molecule has 2 N–H and O–H groups in total. The Balaban J connectivity index is 1.51. The summed E-state index contributed by atoms with van der Waals surface area (Å²) in [5, 5.41) is 11.9. The van der Waals surface area contributed by atoms with Crippen molar-refractivity contribution in [2.24, 2.45) is 0 Å². The molecule has 218 valence electrons. The van der Waals surface area contributed by atoms with E-state index < -0.39 is 6.04 Å². The van der Waals surface area contributed by atoms with Crippen LogP contribution in [0.25, 0.3) is 0 Å². The van der Waals surface area contributed by atoms with Crippen molar-refractivity contribution in [1.29, 1.82) is 0 Å². The number of rotatable bonds is 11. The van der Waals surface area contributed by atoms with Crippen molar-refractivity contribution in [1.82, 2.24) is 14.8 Å². The molecule has 3 aromatic carbocycles. The van der Waals surface area contributed by atoms with Crippen LogP contribution in [0.2, 0.25) is 0 Å². The lowest BCUT2D eigenvalue weighted by atomic mass is 9.94. The van der Waals surface area contributed by atoms with Gasteiger partial charge in [0.25, 0.3) is 5.91 Å². The van der Waals surface area contributed by atoms with Crippen LogP contribution >= 0.6 is 27.7 Å². The predicted octanol–water partition coefficient (Wildman–Crippen LogP) is 7.76. The van der Waals surface area contributed by atoms with E-state index in [0.29, 0.717) is 47.1 Å². The van der Waals surface area contributed by atoms with Crippen LogP contribution in [0.15, 0.2) is 87.6 Å². The number of amides is 1. The first-order valence-corrected chi connectivity index (χ1v) is 15.7. The lowest BCUT2D eigenvalue weighted by Gasteiger charge is -2.29. The molecular weight excluding hydrogens is 614 g/mol. The van der Waals surface area contributed by atoms with Crippen molar-refractivity contribution >= 4 is 45.2 Å². The first-order valence-electron chi connectivity index (χ1n) is 14.0. The molecule has 0 saturated carbocycles. The summed E-state index contributed by atoms with van der Waals surface area (Å²) in [6, 6.07) is 21.0. The molecule has 1 aromatic heterocycles. The van der Waals surface area contributed by atoms with Crippen molar-refractivity contribution in [3.63, 3.8) is 0 Å². The third-order valence-corrected chi connectivity index (χ3v) is 8.29. The standard InChI is InChI=1S/C32H34BrN5O3S/c1-5-17-42-32-36-31-34-21(4)28(30(39)35-25-14-7-20(3)8-15-25)29(38(31)37-32)23-11-16-26(27(18-23)40-6-2)41-19-22-9-12-24(33)13-10-22/h7-16,18,29H,5-6,17,19H2,1-4H3,(H,35,39)(H,34,36,37). The minimum Gasteiger partial charge on any atom is -0.490 e. The van der Waals surface area contributed by atoms with E-state index in [1.807, 2.05) is 87.5 Å². The average molecular weight is 649 g/mol. The number of carbonyl (C=O) groups excluding carboxylic acids is 1. The number of thioether (sulfide) groups is 1. The van der Waals surface area contributed by atoms with E-state index in [1.54, 1.807) is 16.4 Å². The van der Waals surface area contributed by atoms with Crippen LogP contribution in [-0.4, -0.2) is 33.0 Å². The first kappa shape index (κ1) is 29.7. The SMILES string of the molecule is CCCSc1nc2n(n1)C(c1ccc(OCc3ccc(Br)cc3)c(OCC)c1)C(C(=O)Nc1ccc(C)cc1)=C(C)N2. The fourth-order valence-corrected chi connectivity index (χ4v) is 5.60. The van der Waals surface area contributed by atoms with Gasteiger partial charge in [-0.15, -0.1) is 5.10 Å². The van der Waals surface area contributed by atoms with E-state index in [4.69, 9.17) is 19.6 Å². The van der Waals surface area contributed by atoms with Crippen LogP contribution in [0, 0.1) is 6.92 Å². The number of aromatic nitrogens is 3. The maximum absolute atomic E-state index is 13.9. The molecule has 8 nitrogen and oxygen atoms in total. The molecule has 42 heavy (non-hydrogen) atoms. The summed E-state index contributed by atoms with van der Waals surface area (Å²) in [4.78, 5) is 18.6. The van der Waals surface area contributed by atoms with Gasteiger partial charge in [0.2, 0.25) is 11.1 Å². The zero-order valence-corrected chi connectivity index (χ0v) is 26.5. The highest BCUT2D eigenvalue weighted by Gasteiger charge is 2.35. The maximum atomic E-state index is 13.9. The van der Waals surface area contributed by atoms with Gasteiger partial charge in [-0.05, 0) is 74.7 Å². The third kappa shape index (κ3) is 6.82. The minimum absolute atomic E-state index is 0.216. The largest absolute Gasteiger partial charge is 0.490 e. The molecule has 0 spiro atoms. The third-order valence-electron chi connectivity index (χ3n) is 6.71. The topological polar surface area (TPSA) is 90.3 Å². The molecule has 0 fully saturated rings. The van der Waals surface area contributed by atoms with E-state index in [9.17, 15) is 4.79 Å². The smallest absolute Gasteiger partial charge is 0.255 e. The summed E-state index contributed by atoms with van der Waals surface area (Å²) in [6.45, 7) is 8.84. The number of hydrogen-bond acceptors (Lipinski definition) is 7. The summed E-state index contributed by atoms with van der Waals surface area (Å²) in [6.07, 6.45) is 1.01. The number of hydrogen-bond donors (Lipinski definition) is 2. The van der Waals surface area contributed by atoms with Crippen LogP contribution in [0.5, 0.6) is 11.5 Å². The lowest BCUT2D eigenvalue weighted by molar-refractivity contribution is -0.113. The number of halogens is 1. The first-order chi connectivity index (χ1) is 20.4. The molecule has 2 heterocycles. The van der Waals surface area contributed by atoms with Crippen molar-refractivity contribution in [3.05, 3.63) is 99.2 Å². The summed E-state index contributed by atoms with van der Waals surface area (Å²) >= 11 is 5.07. The van der Waals surface area contributed by atoms with Gasteiger partial charge in [-0.25, -0.2) is 4.68 Å². The van der Waals surface area contributed by atoms with Crippen LogP contribution in [0.4, 0.5) is 11.6 Å². The molecule has 5 rings (SSSR count). The number of allylic oxidation sites excluding steroid dienone is 1. The van der Waals surface area contributed by atoms with Gasteiger partial charge in [-0.1, -0.05) is 70.5 Å². The van der Waals surface area contributed by atoms with Crippen molar-refractivity contribution in [2.45, 2.75) is 51.9 Å². The Bertz CT molecular complexity index is 1580. The van der Waals surface area contributed by atoms with Crippen LogP contribution in [0.1, 0.15) is 49.9 Å². The number of fused-ring (bicyclic) bond motifs is 1. The number of nitrogens with zero attached hydrogens (tertiary/aromatic N) is 3. The number of ether oxygens (including phenoxy) is 2. The molecule has 1 aliphatic rings. The Morgan fingerprint density at radius 3 is 2.50 bits per heavy atom. The monoisotopic (exact) mass is 647 g/mol. The molecule has 0 aliphatic carbocycles. The molecular formula is C32H34BrN5O3S. The van der Waals surface area contributed by atoms with Gasteiger partial charge in [-0.2, -0.15) is 4.98 Å². The average Bonchev–Trinajstić information content (AvgIpc) is 3.39. The molecule has 10 heteroatoms. The van der Waals surface area contributed by atoms with Gasteiger partial charge in [0.15, 0.2) is 11.5 Å². The molecule has 0 radical (unpaired) electrons. The fraction of sp³-hybridized carbons (Fsp3) is 0.281. The van der Waals surface area contributed by atoms with Crippen molar-refractivity contribution in [2.75, 3.05) is 23.0 Å². The zero-order chi connectivity index (χ0) is 29.6. The molecule has 1 atom stereocenters. The van der Waals surface area contributed by atoms with E-state index >= 15 is 0 Å². The second-order valence-electron chi connectivity index (χ2n) is 9.95. The van der Waals surface area contributed by atoms with Gasteiger partial charge >= 0.3 is 0 Å². The molecule has 1 aliphatic heterocycles. The van der Waals surface area contributed by atoms with Crippen molar-refractivity contribution in [3.8, 4) is 11.5 Å². The van der Waals surface area contributed by atoms with Crippen LogP contribution in [-0.2, 0) is 11.4 Å². The lowest BCUT2D eigenvalue weighted by Crippen LogP contribution is -2.31. The van der Waals surface area contributed by atoms with E-state index in [1.165, 1.54) is 0 Å². The normalized spacial score (nSPS) is 14.3. The number of aryl methyl sites for hydroxylation is 1. The van der Waals surface area contributed by atoms with Gasteiger partial charge in [0.1, 0.15) is 12.6 Å². The zero-order valence-electron chi connectivity index (χ0n) is 24.1. The quantitative estimate of drug-likeness (QED) is 0.161. The van der Waals surface area contributed by atoms with Crippen LogP contribution < -0.4 is 20.1 Å². The minimum atomic E-state index is -0.532. The van der Waals surface area contributed by atoms with Crippen LogP contribution in [0.3, 0.4) is 0 Å².